The molecule has 110 valence electrons. The predicted molar refractivity (Wildman–Crippen MR) is 88.1 cm³/mol. The minimum atomic E-state index is 0.192. The fourth-order valence-corrected chi connectivity index (χ4v) is 2.84. The van der Waals surface area contributed by atoms with Gasteiger partial charge in [0.05, 0.1) is 13.2 Å². The second-order valence-corrected chi connectivity index (χ2v) is 6.37. The number of aliphatic hydroxyl groups excluding tert-OH is 1. The largest absolute Gasteiger partial charge is 0.395 e. The molecule has 1 aliphatic heterocycles. The Morgan fingerprint density at radius 2 is 1.75 bits per heavy atom. The Labute approximate surface area is 133 Å². The lowest BCUT2D eigenvalue weighted by molar-refractivity contribution is 0.0932. The number of benzene rings is 1. The fraction of sp³-hybridized carbons (Fsp3) is 0.533. The van der Waals surface area contributed by atoms with E-state index in [4.69, 9.17) is 5.11 Å². The Morgan fingerprint density at radius 3 is 2.45 bits per heavy atom. The molecule has 1 heterocycles. The molecule has 0 saturated carbocycles. The maximum atomic E-state index is 12.2. The maximum Gasteiger partial charge on any atom is 0.176 e. The zero-order valence-electron chi connectivity index (χ0n) is 11.6. The van der Waals surface area contributed by atoms with Crippen molar-refractivity contribution in [1.82, 2.24) is 9.80 Å². The molecule has 5 heteroatoms. The van der Waals surface area contributed by atoms with Crippen LogP contribution in [0.25, 0.3) is 0 Å². The van der Waals surface area contributed by atoms with E-state index in [0.717, 1.165) is 48.3 Å². The number of halogens is 1. The SMILES string of the molecule is O=C(CN1CCCN(CCO)CC1)c1ccc(I)cc1. The van der Waals surface area contributed by atoms with Gasteiger partial charge in [-0.05, 0) is 54.2 Å². The molecule has 4 nitrogen and oxygen atoms in total. The van der Waals surface area contributed by atoms with Crippen LogP contribution in [0.2, 0.25) is 0 Å². The van der Waals surface area contributed by atoms with E-state index in [1.807, 2.05) is 24.3 Å². The molecule has 1 N–H and O–H groups in total. The summed E-state index contributed by atoms with van der Waals surface area (Å²) >= 11 is 2.24. The minimum Gasteiger partial charge on any atom is -0.395 e. The number of rotatable bonds is 5. The van der Waals surface area contributed by atoms with E-state index >= 15 is 0 Å². The lowest BCUT2D eigenvalue weighted by Crippen LogP contribution is -2.35. The molecular weight excluding hydrogens is 367 g/mol. The number of aliphatic hydroxyl groups is 1. The summed E-state index contributed by atoms with van der Waals surface area (Å²) in [5.41, 5.74) is 0.793. The molecule has 1 aromatic rings. The van der Waals surface area contributed by atoms with Gasteiger partial charge in [0.15, 0.2) is 5.78 Å². The highest BCUT2D eigenvalue weighted by Gasteiger charge is 2.17. The van der Waals surface area contributed by atoms with Crippen molar-refractivity contribution in [3.8, 4) is 0 Å². The molecule has 0 aliphatic carbocycles. The molecular formula is C15H21IN2O2. The third kappa shape index (κ3) is 4.80. The first kappa shape index (κ1) is 15.9. The molecule has 0 spiro atoms. The molecule has 0 unspecified atom stereocenters. The van der Waals surface area contributed by atoms with Gasteiger partial charge >= 0.3 is 0 Å². The van der Waals surface area contributed by atoms with Gasteiger partial charge in [-0.2, -0.15) is 0 Å². The molecule has 0 atom stereocenters. The highest BCUT2D eigenvalue weighted by molar-refractivity contribution is 14.1. The van der Waals surface area contributed by atoms with Crippen LogP contribution in [0.3, 0.4) is 0 Å². The van der Waals surface area contributed by atoms with E-state index in [1.54, 1.807) is 0 Å². The smallest absolute Gasteiger partial charge is 0.176 e. The molecule has 0 bridgehead atoms. The first-order valence-corrected chi connectivity index (χ1v) is 8.11. The van der Waals surface area contributed by atoms with Gasteiger partial charge in [0.2, 0.25) is 0 Å². The summed E-state index contributed by atoms with van der Waals surface area (Å²) in [5, 5.41) is 8.98. The zero-order chi connectivity index (χ0) is 14.4. The lowest BCUT2D eigenvalue weighted by Gasteiger charge is -2.20. The first-order chi connectivity index (χ1) is 9.69. The molecule has 1 fully saturated rings. The summed E-state index contributed by atoms with van der Waals surface area (Å²) in [6.45, 7) is 5.23. The van der Waals surface area contributed by atoms with Crippen molar-refractivity contribution in [2.24, 2.45) is 0 Å². The second-order valence-electron chi connectivity index (χ2n) is 5.13. The summed E-state index contributed by atoms with van der Waals surface area (Å²) in [7, 11) is 0. The third-order valence-electron chi connectivity index (χ3n) is 3.63. The Morgan fingerprint density at radius 1 is 1.10 bits per heavy atom. The third-order valence-corrected chi connectivity index (χ3v) is 4.35. The van der Waals surface area contributed by atoms with E-state index < -0.39 is 0 Å². The number of Topliss-reactive ketones (excluding diaryl/α,β-unsaturated/α-hetero) is 1. The predicted octanol–water partition coefficient (Wildman–Crippen LogP) is 1.47. The topological polar surface area (TPSA) is 43.8 Å². The molecule has 1 aromatic carbocycles. The van der Waals surface area contributed by atoms with Crippen LogP contribution in [0.15, 0.2) is 24.3 Å². The van der Waals surface area contributed by atoms with Crippen molar-refractivity contribution in [3.63, 3.8) is 0 Å². The lowest BCUT2D eigenvalue weighted by atomic mass is 10.1. The Bertz CT molecular complexity index is 436. The van der Waals surface area contributed by atoms with Crippen LogP contribution in [0.1, 0.15) is 16.8 Å². The number of hydrogen-bond donors (Lipinski definition) is 1. The van der Waals surface area contributed by atoms with Crippen molar-refractivity contribution < 1.29 is 9.90 Å². The normalized spacial score (nSPS) is 17.9. The van der Waals surface area contributed by atoms with Crippen LogP contribution in [-0.4, -0.2) is 66.6 Å². The molecule has 0 aromatic heterocycles. The Balaban J connectivity index is 1.86. The number of β-amino-alcohol motifs (C(OH)–C–C–N with tert-alkyl or cyclic N) is 1. The van der Waals surface area contributed by atoms with Crippen LogP contribution in [-0.2, 0) is 0 Å². The summed E-state index contributed by atoms with van der Waals surface area (Å²) in [5.74, 6) is 0.192. The van der Waals surface area contributed by atoms with Gasteiger partial charge in [-0.15, -0.1) is 0 Å². The molecule has 0 radical (unpaired) electrons. The maximum absolute atomic E-state index is 12.2. The quantitative estimate of drug-likeness (QED) is 0.613. The monoisotopic (exact) mass is 388 g/mol. The number of hydrogen-bond acceptors (Lipinski definition) is 4. The van der Waals surface area contributed by atoms with Gasteiger partial charge in [-0.25, -0.2) is 0 Å². The van der Waals surface area contributed by atoms with Crippen molar-refractivity contribution in [2.75, 3.05) is 45.9 Å². The minimum absolute atomic E-state index is 0.192. The molecule has 1 saturated heterocycles. The van der Waals surface area contributed by atoms with Crippen LogP contribution >= 0.6 is 22.6 Å². The van der Waals surface area contributed by atoms with Gasteiger partial charge < -0.3 is 5.11 Å². The van der Waals surface area contributed by atoms with E-state index in [0.29, 0.717) is 6.54 Å². The molecule has 2 rings (SSSR count). The van der Waals surface area contributed by atoms with Crippen molar-refractivity contribution in [2.45, 2.75) is 6.42 Å². The van der Waals surface area contributed by atoms with Gasteiger partial charge in [0.25, 0.3) is 0 Å². The van der Waals surface area contributed by atoms with Gasteiger partial charge in [0, 0.05) is 28.8 Å². The van der Waals surface area contributed by atoms with E-state index in [2.05, 4.69) is 32.4 Å². The first-order valence-electron chi connectivity index (χ1n) is 7.03. The van der Waals surface area contributed by atoms with Gasteiger partial charge in [-0.1, -0.05) is 12.1 Å². The molecule has 20 heavy (non-hydrogen) atoms. The highest BCUT2D eigenvalue weighted by Crippen LogP contribution is 2.09. The van der Waals surface area contributed by atoms with E-state index in [-0.39, 0.29) is 12.4 Å². The van der Waals surface area contributed by atoms with Crippen LogP contribution in [0.5, 0.6) is 0 Å². The number of carbonyl (C=O) groups excluding carboxylic acids is 1. The Kier molecular flexibility index (Phi) is 6.41. The van der Waals surface area contributed by atoms with Crippen molar-refractivity contribution in [1.29, 1.82) is 0 Å². The number of ketones is 1. The summed E-state index contributed by atoms with van der Waals surface area (Å²) in [6, 6.07) is 7.75. The fourth-order valence-electron chi connectivity index (χ4n) is 2.48. The molecule has 1 aliphatic rings. The zero-order valence-corrected chi connectivity index (χ0v) is 13.8. The van der Waals surface area contributed by atoms with Crippen molar-refractivity contribution >= 4 is 28.4 Å². The average molecular weight is 388 g/mol. The van der Waals surface area contributed by atoms with E-state index in [9.17, 15) is 4.79 Å². The highest BCUT2D eigenvalue weighted by atomic mass is 127. The van der Waals surface area contributed by atoms with Gasteiger partial charge in [-0.3, -0.25) is 14.6 Å². The second kappa shape index (κ2) is 8.07. The standard InChI is InChI=1S/C15H21IN2O2/c16-14-4-2-13(3-5-14)15(20)12-18-7-1-6-17(8-9-18)10-11-19/h2-5,19H,1,6-12H2. The van der Waals surface area contributed by atoms with Gasteiger partial charge in [0.1, 0.15) is 0 Å². The number of carbonyl (C=O) groups is 1. The van der Waals surface area contributed by atoms with Crippen LogP contribution in [0.4, 0.5) is 0 Å². The average Bonchev–Trinajstić information content (AvgIpc) is 2.66. The van der Waals surface area contributed by atoms with Crippen LogP contribution < -0.4 is 0 Å². The summed E-state index contributed by atoms with van der Waals surface area (Å²) in [4.78, 5) is 16.7. The van der Waals surface area contributed by atoms with Crippen LogP contribution in [0, 0.1) is 3.57 Å². The summed E-state index contributed by atoms with van der Waals surface area (Å²) < 4.78 is 1.15. The Hall–Kier alpha value is -0.500. The number of nitrogens with zero attached hydrogens (tertiary/aromatic N) is 2. The van der Waals surface area contributed by atoms with Crippen molar-refractivity contribution in [3.05, 3.63) is 33.4 Å². The van der Waals surface area contributed by atoms with E-state index in [1.165, 1.54) is 0 Å². The molecule has 0 amide bonds. The summed E-state index contributed by atoms with van der Waals surface area (Å²) in [6.07, 6.45) is 1.06.